The molecule has 0 saturated carbocycles. The number of nitrogens with zero attached hydrogens (tertiary/aromatic N) is 4. The van der Waals surface area contributed by atoms with Crippen molar-refractivity contribution in [3.8, 4) is 11.4 Å². The molecule has 0 aliphatic carbocycles. The maximum absolute atomic E-state index is 8.83. The molecule has 2 aromatic heterocycles. The fourth-order valence-corrected chi connectivity index (χ4v) is 2.84. The highest BCUT2D eigenvalue weighted by atomic mass is 32.2. The highest BCUT2D eigenvalue weighted by Crippen LogP contribution is 2.25. The molecule has 0 atom stereocenters. The average Bonchev–Trinajstić information content (AvgIpc) is 2.87. The summed E-state index contributed by atoms with van der Waals surface area (Å²) >= 11 is 1.67. The van der Waals surface area contributed by atoms with Crippen LogP contribution in [-0.4, -0.2) is 37.2 Å². The van der Waals surface area contributed by atoms with Gasteiger partial charge < -0.3 is 5.11 Å². The summed E-state index contributed by atoms with van der Waals surface area (Å²) in [6, 6.07) is 3.86. The molecule has 2 rings (SSSR count). The Bertz CT molecular complexity index is 583. The van der Waals surface area contributed by atoms with Crippen LogP contribution in [0.4, 0.5) is 0 Å². The predicted molar refractivity (Wildman–Crippen MR) is 85.1 cm³/mol. The first-order valence-electron chi connectivity index (χ1n) is 6.94. The zero-order valence-electron chi connectivity index (χ0n) is 12.2. The summed E-state index contributed by atoms with van der Waals surface area (Å²) < 4.78 is 2.08. The first-order valence-corrected chi connectivity index (χ1v) is 7.92. The fourth-order valence-electron chi connectivity index (χ4n) is 1.90. The minimum Gasteiger partial charge on any atom is -0.396 e. The highest BCUT2D eigenvalue weighted by molar-refractivity contribution is 7.99. The van der Waals surface area contributed by atoms with E-state index < -0.39 is 0 Å². The lowest BCUT2D eigenvalue weighted by atomic mass is 10.2. The van der Waals surface area contributed by atoms with E-state index in [4.69, 9.17) is 5.11 Å². The highest BCUT2D eigenvalue weighted by Gasteiger charge is 2.14. The minimum atomic E-state index is 0.237. The third-order valence-electron chi connectivity index (χ3n) is 2.87. The number of aliphatic hydroxyl groups is 1. The molecule has 0 aliphatic heterocycles. The van der Waals surface area contributed by atoms with Gasteiger partial charge in [-0.3, -0.25) is 9.55 Å². The minimum absolute atomic E-state index is 0.237. The van der Waals surface area contributed by atoms with Crippen LogP contribution in [0.1, 0.15) is 19.8 Å². The molecule has 2 aromatic rings. The third kappa shape index (κ3) is 4.41. The molecule has 0 aromatic carbocycles. The molecule has 0 amide bonds. The second-order valence-corrected chi connectivity index (χ2v) is 5.93. The van der Waals surface area contributed by atoms with Gasteiger partial charge in [-0.15, -0.1) is 10.2 Å². The van der Waals surface area contributed by atoms with Crippen LogP contribution in [0.25, 0.3) is 11.4 Å². The van der Waals surface area contributed by atoms with Crippen molar-refractivity contribution in [1.29, 1.82) is 0 Å². The summed E-state index contributed by atoms with van der Waals surface area (Å²) in [4.78, 5) is 4.03. The molecule has 21 heavy (non-hydrogen) atoms. The topological polar surface area (TPSA) is 63.8 Å². The lowest BCUT2D eigenvalue weighted by Gasteiger charge is -2.09. The van der Waals surface area contributed by atoms with E-state index in [2.05, 4.69) is 26.3 Å². The molecule has 1 N–H and O–H groups in total. The van der Waals surface area contributed by atoms with Crippen molar-refractivity contribution in [3.05, 3.63) is 36.7 Å². The van der Waals surface area contributed by atoms with Crippen LogP contribution in [0.5, 0.6) is 0 Å². The largest absolute Gasteiger partial charge is 0.396 e. The van der Waals surface area contributed by atoms with Gasteiger partial charge in [-0.05, 0) is 31.9 Å². The quantitative estimate of drug-likeness (QED) is 0.461. The van der Waals surface area contributed by atoms with E-state index in [9.17, 15) is 0 Å². The van der Waals surface area contributed by atoms with Gasteiger partial charge in [-0.1, -0.05) is 23.9 Å². The Balaban J connectivity index is 2.21. The summed E-state index contributed by atoms with van der Waals surface area (Å²) in [7, 11) is 0. The summed E-state index contributed by atoms with van der Waals surface area (Å²) in [5.74, 6) is 1.76. The van der Waals surface area contributed by atoms with Crippen LogP contribution >= 0.6 is 11.8 Å². The molecular weight excluding hydrogens is 284 g/mol. The van der Waals surface area contributed by atoms with Gasteiger partial charge in [0.2, 0.25) is 0 Å². The second kappa shape index (κ2) is 7.95. The zero-order valence-corrected chi connectivity index (χ0v) is 13.0. The maximum atomic E-state index is 8.83. The number of aliphatic hydroxyl groups excluding tert-OH is 1. The van der Waals surface area contributed by atoms with Crippen molar-refractivity contribution in [2.75, 3.05) is 12.4 Å². The van der Waals surface area contributed by atoms with E-state index >= 15 is 0 Å². The molecule has 5 nitrogen and oxygen atoms in total. The van der Waals surface area contributed by atoms with Gasteiger partial charge >= 0.3 is 0 Å². The van der Waals surface area contributed by atoms with E-state index in [1.807, 2.05) is 19.1 Å². The summed E-state index contributed by atoms with van der Waals surface area (Å²) in [6.45, 7) is 6.92. The summed E-state index contributed by atoms with van der Waals surface area (Å²) in [5.41, 5.74) is 2.06. The molecule has 0 spiro atoms. The van der Waals surface area contributed by atoms with Gasteiger partial charge in [-0.2, -0.15) is 0 Å². The normalized spacial score (nSPS) is 10.8. The zero-order chi connectivity index (χ0) is 15.1. The molecular formula is C15H20N4OS. The number of unbranched alkanes of at least 4 members (excludes halogenated alkanes) is 1. The van der Waals surface area contributed by atoms with E-state index in [0.717, 1.165) is 40.7 Å². The monoisotopic (exact) mass is 304 g/mol. The Morgan fingerprint density at radius 3 is 2.71 bits per heavy atom. The van der Waals surface area contributed by atoms with E-state index in [1.54, 1.807) is 24.2 Å². The number of allylic oxidation sites excluding steroid dienone is 1. The van der Waals surface area contributed by atoms with Crippen molar-refractivity contribution < 1.29 is 5.11 Å². The number of hydrogen-bond acceptors (Lipinski definition) is 5. The molecule has 0 unspecified atom stereocenters. The standard InChI is InChI=1S/C15H20N4OS/c1-12(2)11-19-14(13-5-7-16-8-6-13)17-18-15(19)21-10-4-3-9-20/h5-8,20H,1,3-4,9-11H2,2H3. The Morgan fingerprint density at radius 1 is 1.29 bits per heavy atom. The van der Waals surface area contributed by atoms with Crippen LogP contribution in [0, 0.1) is 0 Å². The SMILES string of the molecule is C=C(C)Cn1c(SCCCCO)nnc1-c1ccncc1. The number of hydrogen-bond donors (Lipinski definition) is 1. The predicted octanol–water partition coefficient (Wildman–Crippen LogP) is 2.78. The van der Waals surface area contributed by atoms with Gasteiger partial charge in [0.15, 0.2) is 11.0 Å². The van der Waals surface area contributed by atoms with Gasteiger partial charge in [-0.25, -0.2) is 0 Å². The van der Waals surface area contributed by atoms with Gasteiger partial charge in [0.1, 0.15) is 0 Å². The first-order chi connectivity index (χ1) is 10.2. The van der Waals surface area contributed by atoms with Crippen molar-refractivity contribution in [2.45, 2.75) is 31.5 Å². The molecule has 6 heteroatoms. The number of thioether (sulfide) groups is 1. The molecule has 0 fully saturated rings. The lowest BCUT2D eigenvalue weighted by molar-refractivity contribution is 0.287. The maximum Gasteiger partial charge on any atom is 0.191 e. The Labute approximate surface area is 129 Å². The molecule has 0 aliphatic rings. The average molecular weight is 304 g/mol. The fraction of sp³-hybridized carbons (Fsp3) is 0.400. The molecule has 2 heterocycles. The first kappa shape index (κ1) is 15.7. The second-order valence-electron chi connectivity index (χ2n) is 4.86. The molecule has 0 radical (unpaired) electrons. The Hall–Kier alpha value is -1.66. The molecule has 0 saturated heterocycles. The van der Waals surface area contributed by atoms with Crippen LogP contribution in [0.15, 0.2) is 41.8 Å². The van der Waals surface area contributed by atoms with Crippen LogP contribution in [-0.2, 0) is 6.54 Å². The summed E-state index contributed by atoms with van der Waals surface area (Å²) in [6.07, 6.45) is 5.29. The van der Waals surface area contributed by atoms with E-state index in [0.29, 0.717) is 6.54 Å². The van der Waals surface area contributed by atoms with E-state index in [-0.39, 0.29) is 6.61 Å². The number of aromatic nitrogens is 4. The molecule has 112 valence electrons. The van der Waals surface area contributed by atoms with Crippen LogP contribution in [0.2, 0.25) is 0 Å². The smallest absolute Gasteiger partial charge is 0.191 e. The lowest BCUT2D eigenvalue weighted by Crippen LogP contribution is -2.03. The Kier molecular flexibility index (Phi) is 5.95. The van der Waals surface area contributed by atoms with Crippen molar-refractivity contribution in [2.24, 2.45) is 0 Å². The summed E-state index contributed by atoms with van der Waals surface area (Å²) in [5, 5.41) is 18.3. The third-order valence-corrected chi connectivity index (χ3v) is 3.92. The van der Waals surface area contributed by atoms with Crippen molar-refractivity contribution in [3.63, 3.8) is 0 Å². The van der Waals surface area contributed by atoms with E-state index in [1.165, 1.54) is 0 Å². The van der Waals surface area contributed by atoms with Crippen molar-refractivity contribution >= 4 is 11.8 Å². The number of rotatable bonds is 8. The van der Waals surface area contributed by atoms with Gasteiger partial charge in [0.25, 0.3) is 0 Å². The molecule has 0 bridgehead atoms. The van der Waals surface area contributed by atoms with Crippen LogP contribution in [0.3, 0.4) is 0 Å². The van der Waals surface area contributed by atoms with Crippen molar-refractivity contribution in [1.82, 2.24) is 19.7 Å². The van der Waals surface area contributed by atoms with Gasteiger partial charge in [0.05, 0.1) is 0 Å². The Morgan fingerprint density at radius 2 is 2.05 bits per heavy atom. The van der Waals surface area contributed by atoms with Crippen LogP contribution < -0.4 is 0 Å². The number of pyridine rings is 1. The van der Waals surface area contributed by atoms with Gasteiger partial charge in [0, 0.05) is 36.9 Å².